The number of phenols is 1. The lowest BCUT2D eigenvalue weighted by atomic mass is 9.88. The minimum absolute atomic E-state index is 0.120. The van der Waals surface area contributed by atoms with Gasteiger partial charge in [0, 0.05) is 34.8 Å². The van der Waals surface area contributed by atoms with E-state index in [-0.39, 0.29) is 16.8 Å². The Morgan fingerprint density at radius 3 is 2.59 bits per heavy atom. The third-order valence-corrected chi connectivity index (χ3v) is 7.14. The zero-order valence-corrected chi connectivity index (χ0v) is 17.4. The first kappa shape index (κ1) is 18.6. The van der Waals surface area contributed by atoms with Crippen molar-refractivity contribution in [1.29, 1.82) is 0 Å². The molecule has 150 valence electrons. The molecule has 2 aliphatic rings. The van der Waals surface area contributed by atoms with Crippen LogP contribution in [0.4, 0.5) is 0 Å². The van der Waals surface area contributed by atoms with Crippen LogP contribution in [0.3, 0.4) is 0 Å². The highest BCUT2D eigenvalue weighted by Gasteiger charge is 2.48. The second kappa shape index (κ2) is 6.81. The van der Waals surface area contributed by atoms with Crippen LogP contribution in [0, 0.1) is 0 Å². The van der Waals surface area contributed by atoms with Crippen molar-refractivity contribution in [3.8, 4) is 22.8 Å². The van der Waals surface area contributed by atoms with Gasteiger partial charge in [-0.05, 0) is 51.7 Å². The maximum atomic E-state index is 10.4. The first-order chi connectivity index (χ1) is 13.9. The molecule has 2 N–H and O–H groups in total. The molecule has 8 heteroatoms. The van der Waals surface area contributed by atoms with Gasteiger partial charge in [-0.1, -0.05) is 11.8 Å². The summed E-state index contributed by atoms with van der Waals surface area (Å²) in [6.45, 7) is 4.66. The Balaban J connectivity index is 1.32. The van der Waals surface area contributed by atoms with E-state index in [0.717, 1.165) is 23.6 Å². The van der Waals surface area contributed by atoms with Gasteiger partial charge in [-0.15, -0.1) is 10.2 Å². The van der Waals surface area contributed by atoms with Gasteiger partial charge in [0.15, 0.2) is 5.82 Å². The van der Waals surface area contributed by atoms with E-state index in [4.69, 9.17) is 0 Å². The van der Waals surface area contributed by atoms with E-state index < -0.39 is 0 Å². The Bertz CT molecular complexity index is 1010. The van der Waals surface area contributed by atoms with Gasteiger partial charge in [0.1, 0.15) is 10.8 Å². The van der Waals surface area contributed by atoms with Gasteiger partial charge in [0.05, 0.1) is 23.8 Å². The molecule has 3 aromatic rings. The maximum Gasteiger partial charge on any atom is 0.185 e. The maximum absolute atomic E-state index is 10.4. The number of benzene rings is 1. The number of piperidine rings is 1. The largest absolute Gasteiger partial charge is 0.507 e. The summed E-state index contributed by atoms with van der Waals surface area (Å²) in [7, 11) is 0. The Morgan fingerprint density at radius 2 is 1.97 bits per heavy atom. The third-order valence-electron chi connectivity index (χ3n) is 6.04. The van der Waals surface area contributed by atoms with Crippen molar-refractivity contribution in [3.63, 3.8) is 0 Å². The lowest BCUT2D eigenvalue weighted by Gasteiger charge is -2.41. The summed E-state index contributed by atoms with van der Waals surface area (Å²) in [6, 6.07) is 5.38. The average Bonchev–Trinajstić information content (AvgIpc) is 3.28. The zero-order chi connectivity index (χ0) is 20.1. The van der Waals surface area contributed by atoms with E-state index in [1.54, 1.807) is 42.6 Å². The molecule has 2 saturated heterocycles. The normalized spacial score (nSPS) is 28.6. The highest BCUT2D eigenvalue weighted by atomic mass is 32.2. The Morgan fingerprint density at radius 1 is 1.17 bits per heavy atom. The summed E-state index contributed by atoms with van der Waals surface area (Å²) in [4.78, 5) is 8.50. The number of nitrogens with one attached hydrogen (secondary N) is 1. The van der Waals surface area contributed by atoms with Crippen LogP contribution in [0.15, 0.2) is 48.1 Å². The van der Waals surface area contributed by atoms with Crippen molar-refractivity contribution in [2.75, 3.05) is 0 Å². The number of hydrogen-bond acceptors (Lipinski definition) is 7. The molecule has 1 aromatic carbocycles. The van der Waals surface area contributed by atoms with E-state index in [9.17, 15) is 5.11 Å². The fourth-order valence-corrected chi connectivity index (χ4v) is 6.21. The van der Waals surface area contributed by atoms with Gasteiger partial charge in [-0.25, -0.2) is 9.97 Å². The van der Waals surface area contributed by atoms with Gasteiger partial charge >= 0.3 is 0 Å². The van der Waals surface area contributed by atoms with Crippen molar-refractivity contribution in [2.24, 2.45) is 0 Å². The number of rotatable bonds is 4. The van der Waals surface area contributed by atoms with Crippen LogP contribution in [0.5, 0.6) is 5.75 Å². The van der Waals surface area contributed by atoms with Crippen molar-refractivity contribution >= 4 is 11.8 Å². The molecule has 4 heterocycles. The molecule has 2 atom stereocenters. The van der Waals surface area contributed by atoms with E-state index in [1.165, 1.54) is 12.8 Å². The SMILES string of the molecule is CC12CCC(C)(CC(Sc3cnc(-c4ccc(-n5ccnc5)cc4O)nn3)C1)N2. The number of aromatic nitrogens is 5. The molecule has 2 fully saturated rings. The molecule has 0 amide bonds. The Labute approximate surface area is 174 Å². The van der Waals surface area contributed by atoms with E-state index >= 15 is 0 Å². The standard InChI is InChI=1S/C21H24N6OS/c1-20-5-6-21(2,26-20)11-15(10-20)29-18-12-23-19(25-24-18)16-4-3-14(9-17(16)28)27-8-7-22-13-27/h3-4,7-9,12-13,15,26,28H,5-6,10-11H2,1-2H3. The molecule has 2 aromatic heterocycles. The summed E-state index contributed by atoms with van der Waals surface area (Å²) >= 11 is 1.77. The van der Waals surface area contributed by atoms with Crippen LogP contribution in [-0.4, -0.2) is 46.2 Å². The number of hydrogen-bond donors (Lipinski definition) is 2. The summed E-state index contributed by atoms with van der Waals surface area (Å²) in [6.07, 6.45) is 11.7. The number of thioether (sulfide) groups is 1. The van der Waals surface area contributed by atoms with Gasteiger partial charge in [-0.2, -0.15) is 0 Å². The number of phenolic OH excluding ortho intramolecular Hbond substituents is 1. The average molecular weight is 409 g/mol. The van der Waals surface area contributed by atoms with Crippen LogP contribution in [0.2, 0.25) is 0 Å². The fraction of sp³-hybridized carbons (Fsp3) is 0.429. The van der Waals surface area contributed by atoms with Gasteiger partial charge < -0.3 is 15.0 Å². The third kappa shape index (κ3) is 3.62. The van der Waals surface area contributed by atoms with E-state index in [2.05, 4.69) is 39.3 Å². The predicted octanol–water partition coefficient (Wildman–Crippen LogP) is 3.59. The molecular weight excluding hydrogens is 384 g/mol. The fourth-order valence-electron chi connectivity index (χ4n) is 4.77. The zero-order valence-electron chi connectivity index (χ0n) is 16.5. The highest BCUT2D eigenvalue weighted by molar-refractivity contribution is 7.99. The number of aromatic hydroxyl groups is 1. The van der Waals surface area contributed by atoms with Crippen molar-refractivity contribution in [2.45, 2.75) is 60.9 Å². The number of fused-ring (bicyclic) bond motifs is 2. The molecule has 5 rings (SSSR count). The number of nitrogens with zero attached hydrogens (tertiary/aromatic N) is 5. The molecule has 0 aliphatic carbocycles. The summed E-state index contributed by atoms with van der Waals surface area (Å²) in [5.41, 5.74) is 1.85. The molecule has 2 bridgehead atoms. The highest BCUT2D eigenvalue weighted by Crippen LogP contribution is 2.46. The minimum Gasteiger partial charge on any atom is -0.507 e. The first-order valence-corrected chi connectivity index (χ1v) is 10.8. The molecule has 2 unspecified atom stereocenters. The van der Waals surface area contributed by atoms with E-state index in [0.29, 0.717) is 16.6 Å². The molecule has 0 saturated carbocycles. The topological polar surface area (TPSA) is 88.8 Å². The quantitative estimate of drug-likeness (QED) is 0.682. The van der Waals surface area contributed by atoms with Gasteiger partial charge in [0.2, 0.25) is 0 Å². The van der Waals surface area contributed by atoms with Crippen LogP contribution in [0.1, 0.15) is 39.5 Å². The summed E-state index contributed by atoms with van der Waals surface area (Å²) in [5.74, 6) is 0.544. The lowest BCUT2D eigenvalue weighted by Crippen LogP contribution is -2.54. The second-order valence-corrected chi connectivity index (χ2v) is 10.0. The number of imidazole rings is 1. The second-order valence-electron chi connectivity index (χ2n) is 8.69. The van der Waals surface area contributed by atoms with Crippen LogP contribution < -0.4 is 5.32 Å². The molecule has 2 aliphatic heterocycles. The summed E-state index contributed by atoms with van der Waals surface area (Å²) in [5, 5.41) is 24.3. The first-order valence-electron chi connectivity index (χ1n) is 9.89. The summed E-state index contributed by atoms with van der Waals surface area (Å²) < 4.78 is 1.83. The smallest absolute Gasteiger partial charge is 0.185 e. The van der Waals surface area contributed by atoms with Gasteiger partial charge in [0.25, 0.3) is 0 Å². The molecule has 0 spiro atoms. The molecule has 0 radical (unpaired) electrons. The molecule has 7 nitrogen and oxygen atoms in total. The molecular formula is C21H24N6OS. The van der Waals surface area contributed by atoms with Crippen molar-refractivity contribution in [1.82, 2.24) is 30.0 Å². The van der Waals surface area contributed by atoms with Gasteiger partial charge in [-0.3, -0.25) is 0 Å². The lowest BCUT2D eigenvalue weighted by molar-refractivity contribution is 0.241. The Hall–Kier alpha value is -2.45. The minimum atomic E-state index is 0.120. The Kier molecular flexibility index (Phi) is 4.36. The monoisotopic (exact) mass is 408 g/mol. The molecule has 29 heavy (non-hydrogen) atoms. The van der Waals surface area contributed by atoms with Crippen molar-refractivity contribution < 1.29 is 5.11 Å². The van der Waals surface area contributed by atoms with Crippen LogP contribution in [0.25, 0.3) is 17.1 Å². The predicted molar refractivity (Wildman–Crippen MR) is 112 cm³/mol. The van der Waals surface area contributed by atoms with Crippen LogP contribution in [-0.2, 0) is 0 Å². The van der Waals surface area contributed by atoms with Crippen molar-refractivity contribution in [3.05, 3.63) is 43.1 Å². The van der Waals surface area contributed by atoms with E-state index in [1.807, 2.05) is 16.8 Å². The van der Waals surface area contributed by atoms with Crippen LogP contribution >= 0.6 is 11.8 Å².